The zero-order chi connectivity index (χ0) is 13.2. The van der Waals surface area contributed by atoms with Crippen LogP contribution in [0.4, 0.5) is 0 Å². The van der Waals surface area contributed by atoms with Gasteiger partial charge in [0, 0.05) is 13.7 Å². The molecule has 0 aliphatic carbocycles. The van der Waals surface area contributed by atoms with Gasteiger partial charge in [-0.05, 0) is 26.3 Å². The minimum Gasteiger partial charge on any atom is -0.465 e. The van der Waals surface area contributed by atoms with E-state index < -0.39 is 0 Å². The van der Waals surface area contributed by atoms with Crippen LogP contribution < -0.4 is 0 Å². The van der Waals surface area contributed by atoms with Crippen molar-refractivity contribution in [3.63, 3.8) is 0 Å². The minimum atomic E-state index is -0.0888. The van der Waals surface area contributed by atoms with E-state index in [1.807, 2.05) is 6.92 Å². The third-order valence-corrected chi connectivity index (χ3v) is 3.13. The highest BCUT2D eigenvalue weighted by molar-refractivity contribution is 5.75. The third-order valence-electron chi connectivity index (χ3n) is 3.13. The largest absolute Gasteiger partial charge is 0.465 e. The van der Waals surface area contributed by atoms with Gasteiger partial charge in [-0.25, -0.2) is 0 Å². The van der Waals surface area contributed by atoms with E-state index in [9.17, 15) is 4.79 Å². The van der Waals surface area contributed by atoms with Crippen molar-refractivity contribution in [1.82, 2.24) is 4.90 Å². The van der Waals surface area contributed by atoms with Gasteiger partial charge in [0.15, 0.2) is 0 Å². The van der Waals surface area contributed by atoms with E-state index in [-0.39, 0.29) is 12.0 Å². The fourth-order valence-electron chi connectivity index (χ4n) is 2.19. The summed E-state index contributed by atoms with van der Waals surface area (Å²) >= 11 is 0. The van der Waals surface area contributed by atoms with E-state index in [0.29, 0.717) is 26.4 Å². The summed E-state index contributed by atoms with van der Waals surface area (Å²) in [4.78, 5) is 14.0. The van der Waals surface area contributed by atoms with Crippen LogP contribution in [-0.4, -0.2) is 63.5 Å². The lowest BCUT2D eigenvalue weighted by atomic mass is 10.0. The van der Waals surface area contributed by atoms with E-state index in [0.717, 1.165) is 32.4 Å². The summed E-state index contributed by atoms with van der Waals surface area (Å²) < 4.78 is 15.5. The normalized spacial score (nSPS) is 20.9. The average molecular weight is 259 g/mol. The van der Waals surface area contributed by atoms with Crippen molar-refractivity contribution in [2.24, 2.45) is 0 Å². The molecular weight excluding hydrogens is 234 g/mol. The number of likely N-dealkylation sites (tertiary alicyclic amines) is 1. The standard InChI is InChI=1S/C13H25NO4/c1-3-18-13(15)12-6-4-5-7-14(12)8-9-17-11-10-16-2/h12H,3-11H2,1-2H3. The summed E-state index contributed by atoms with van der Waals surface area (Å²) in [5, 5.41) is 0. The molecule has 1 heterocycles. The van der Waals surface area contributed by atoms with Gasteiger partial charge in [-0.3, -0.25) is 9.69 Å². The highest BCUT2D eigenvalue weighted by Gasteiger charge is 2.29. The van der Waals surface area contributed by atoms with E-state index in [1.54, 1.807) is 7.11 Å². The number of esters is 1. The molecule has 1 fully saturated rings. The number of ether oxygens (including phenoxy) is 3. The van der Waals surface area contributed by atoms with E-state index in [2.05, 4.69) is 4.90 Å². The Morgan fingerprint density at radius 2 is 2.11 bits per heavy atom. The first kappa shape index (κ1) is 15.4. The Labute approximate surface area is 109 Å². The quantitative estimate of drug-likeness (QED) is 0.482. The maximum absolute atomic E-state index is 11.8. The molecule has 0 radical (unpaired) electrons. The number of methoxy groups -OCH3 is 1. The molecule has 5 nitrogen and oxygen atoms in total. The van der Waals surface area contributed by atoms with Crippen molar-refractivity contribution in [3.8, 4) is 0 Å². The molecule has 0 aromatic rings. The molecule has 0 saturated carbocycles. The van der Waals surface area contributed by atoms with Crippen molar-refractivity contribution >= 4 is 5.97 Å². The average Bonchev–Trinajstić information content (AvgIpc) is 2.39. The fraction of sp³-hybridized carbons (Fsp3) is 0.923. The minimum absolute atomic E-state index is 0.0790. The number of rotatable bonds is 8. The molecule has 1 atom stereocenters. The summed E-state index contributed by atoms with van der Waals surface area (Å²) in [5.41, 5.74) is 0. The summed E-state index contributed by atoms with van der Waals surface area (Å²) in [7, 11) is 1.66. The molecule has 0 bridgehead atoms. The van der Waals surface area contributed by atoms with Crippen molar-refractivity contribution < 1.29 is 19.0 Å². The number of carbonyl (C=O) groups excluding carboxylic acids is 1. The smallest absolute Gasteiger partial charge is 0.323 e. The van der Waals surface area contributed by atoms with E-state index in [4.69, 9.17) is 14.2 Å². The van der Waals surface area contributed by atoms with Gasteiger partial charge in [0.05, 0.1) is 26.4 Å². The second kappa shape index (κ2) is 9.30. The molecule has 0 amide bonds. The summed E-state index contributed by atoms with van der Waals surface area (Å²) in [6.45, 7) is 5.89. The van der Waals surface area contributed by atoms with Crippen molar-refractivity contribution in [1.29, 1.82) is 0 Å². The van der Waals surface area contributed by atoms with Crippen LogP contribution in [0.3, 0.4) is 0 Å². The highest BCUT2D eigenvalue weighted by atomic mass is 16.5. The van der Waals surface area contributed by atoms with Gasteiger partial charge in [0.2, 0.25) is 0 Å². The lowest BCUT2D eigenvalue weighted by molar-refractivity contribution is -0.151. The number of nitrogens with zero attached hydrogens (tertiary/aromatic N) is 1. The molecule has 0 aromatic heterocycles. The SMILES string of the molecule is CCOC(=O)C1CCCCN1CCOCCOC. The van der Waals surface area contributed by atoms with Crippen LogP contribution in [0, 0.1) is 0 Å². The van der Waals surface area contributed by atoms with Gasteiger partial charge in [-0.2, -0.15) is 0 Å². The predicted octanol–water partition coefficient (Wildman–Crippen LogP) is 1.07. The summed E-state index contributed by atoms with van der Waals surface area (Å²) in [6.07, 6.45) is 3.15. The monoisotopic (exact) mass is 259 g/mol. The second-order valence-electron chi connectivity index (χ2n) is 4.40. The van der Waals surface area contributed by atoms with Crippen LogP contribution in [0.25, 0.3) is 0 Å². The van der Waals surface area contributed by atoms with Crippen LogP contribution in [0.2, 0.25) is 0 Å². The van der Waals surface area contributed by atoms with Gasteiger partial charge in [0.25, 0.3) is 0 Å². The molecule has 1 unspecified atom stereocenters. The topological polar surface area (TPSA) is 48.0 Å². The number of hydrogen-bond donors (Lipinski definition) is 0. The molecule has 0 spiro atoms. The van der Waals surface area contributed by atoms with Crippen LogP contribution in [0.5, 0.6) is 0 Å². The molecule has 1 aliphatic rings. The van der Waals surface area contributed by atoms with Gasteiger partial charge in [0.1, 0.15) is 6.04 Å². The van der Waals surface area contributed by atoms with Gasteiger partial charge in [-0.1, -0.05) is 6.42 Å². The third kappa shape index (κ3) is 5.33. The lowest BCUT2D eigenvalue weighted by Crippen LogP contribution is -2.46. The van der Waals surface area contributed by atoms with Crippen molar-refractivity contribution in [2.75, 3.05) is 46.6 Å². The molecule has 0 aromatic carbocycles. The maximum Gasteiger partial charge on any atom is 0.323 e. The summed E-state index contributed by atoms with van der Waals surface area (Å²) in [5.74, 6) is -0.0888. The Morgan fingerprint density at radius 3 is 2.83 bits per heavy atom. The van der Waals surface area contributed by atoms with Gasteiger partial charge >= 0.3 is 5.97 Å². The zero-order valence-electron chi connectivity index (χ0n) is 11.5. The van der Waals surface area contributed by atoms with Crippen LogP contribution >= 0.6 is 0 Å². The van der Waals surface area contributed by atoms with Crippen molar-refractivity contribution in [2.45, 2.75) is 32.2 Å². The molecule has 5 heteroatoms. The van der Waals surface area contributed by atoms with E-state index >= 15 is 0 Å². The Bertz CT molecular complexity index is 235. The Hall–Kier alpha value is -0.650. The Morgan fingerprint density at radius 1 is 1.28 bits per heavy atom. The molecule has 0 N–H and O–H groups in total. The van der Waals surface area contributed by atoms with Crippen LogP contribution in [-0.2, 0) is 19.0 Å². The summed E-state index contributed by atoms with van der Waals surface area (Å²) in [6, 6.07) is -0.0790. The first-order valence-electron chi connectivity index (χ1n) is 6.77. The molecule has 18 heavy (non-hydrogen) atoms. The lowest BCUT2D eigenvalue weighted by Gasteiger charge is -2.33. The van der Waals surface area contributed by atoms with Gasteiger partial charge < -0.3 is 14.2 Å². The molecule has 106 valence electrons. The maximum atomic E-state index is 11.8. The van der Waals surface area contributed by atoms with Crippen molar-refractivity contribution in [3.05, 3.63) is 0 Å². The molecular formula is C13H25NO4. The predicted molar refractivity (Wildman–Crippen MR) is 68.5 cm³/mol. The fourth-order valence-corrected chi connectivity index (χ4v) is 2.19. The van der Waals surface area contributed by atoms with Gasteiger partial charge in [-0.15, -0.1) is 0 Å². The van der Waals surface area contributed by atoms with E-state index in [1.165, 1.54) is 0 Å². The first-order valence-corrected chi connectivity index (χ1v) is 6.77. The molecule has 1 aliphatic heterocycles. The number of hydrogen-bond acceptors (Lipinski definition) is 5. The second-order valence-corrected chi connectivity index (χ2v) is 4.40. The highest BCUT2D eigenvalue weighted by Crippen LogP contribution is 2.17. The molecule has 1 saturated heterocycles. The van der Waals surface area contributed by atoms with Crippen LogP contribution in [0.1, 0.15) is 26.2 Å². The number of carbonyl (C=O) groups is 1. The Balaban J connectivity index is 2.28. The number of piperidine rings is 1. The zero-order valence-corrected chi connectivity index (χ0v) is 11.5. The molecule has 1 rings (SSSR count). The van der Waals surface area contributed by atoms with Crippen LogP contribution in [0.15, 0.2) is 0 Å². The Kier molecular flexibility index (Phi) is 7.96. The first-order chi connectivity index (χ1) is 8.79.